The summed E-state index contributed by atoms with van der Waals surface area (Å²) >= 11 is 1.90. The second-order valence-electron chi connectivity index (χ2n) is 5.77. The van der Waals surface area contributed by atoms with Crippen molar-refractivity contribution in [3.63, 3.8) is 0 Å². The third-order valence-electron chi connectivity index (χ3n) is 4.03. The number of hydrogen-bond donors (Lipinski definition) is 1. The summed E-state index contributed by atoms with van der Waals surface area (Å²) in [6.45, 7) is 0. The van der Waals surface area contributed by atoms with Crippen LogP contribution in [0.3, 0.4) is 0 Å². The molecule has 0 bridgehead atoms. The van der Waals surface area contributed by atoms with Gasteiger partial charge in [-0.1, -0.05) is 31.1 Å². The maximum Gasteiger partial charge on any atom is 0.335 e. The van der Waals surface area contributed by atoms with Crippen LogP contribution in [-0.2, 0) is 4.79 Å². The lowest BCUT2D eigenvalue weighted by Gasteiger charge is -2.08. The molecular weight excluding hydrogens is 268 g/mol. The molecule has 1 N–H and O–H groups in total. The zero-order valence-electron chi connectivity index (χ0n) is 11.5. The Balaban J connectivity index is 1.77. The van der Waals surface area contributed by atoms with E-state index in [1.807, 2.05) is 30.0 Å². The van der Waals surface area contributed by atoms with Gasteiger partial charge in [-0.2, -0.15) is 0 Å². The summed E-state index contributed by atoms with van der Waals surface area (Å²) in [5.74, 6) is -0.360. The number of carbonyl (C=O) groups is 1. The molecule has 2 saturated carbocycles. The lowest BCUT2D eigenvalue weighted by Crippen LogP contribution is -2.02. The third-order valence-corrected chi connectivity index (χ3v) is 5.37. The van der Waals surface area contributed by atoms with E-state index in [-0.39, 0.29) is 0 Å². The largest absolute Gasteiger partial charge is 0.478 e. The van der Waals surface area contributed by atoms with Crippen molar-refractivity contribution in [2.24, 2.45) is 5.92 Å². The molecule has 0 radical (unpaired) electrons. The van der Waals surface area contributed by atoms with Gasteiger partial charge < -0.3 is 5.11 Å². The summed E-state index contributed by atoms with van der Waals surface area (Å²) in [5, 5.41) is 10.2. The van der Waals surface area contributed by atoms with Crippen molar-refractivity contribution >= 4 is 23.3 Å². The number of carboxylic acids is 1. The van der Waals surface area contributed by atoms with E-state index in [9.17, 15) is 9.90 Å². The van der Waals surface area contributed by atoms with Crippen LogP contribution < -0.4 is 0 Å². The Morgan fingerprint density at radius 1 is 1.10 bits per heavy atom. The van der Waals surface area contributed by atoms with Gasteiger partial charge in [-0.3, -0.25) is 0 Å². The number of hydrogen-bond acceptors (Lipinski definition) is 2. The van der Waals surface area contributed by atoms with Crippen molar-refractivity contribution in [3.05, 3.63) is 35.9 Å². The van der Waals surface area contributed by atoms with Gasteiger partial charge in [0.15, 0.2) is 0 Å². The molecule has 2 fully saturated rings. The number of carboxylic acid groups (broad SMARTS) is 1. The predicted octanol–water partition coefficient (Wildman–Crippen LogP) is 4.60. The Morgan fingerprint density at radius 3 is 2.30 bits per heavy atom. The van der Waals surface area contributed by atoms with Crippen molar-refractivity contribution in [2.45, 2.75) is 48.7 Å². The highest BCUT2D eigenvalue weighted by Crippen LogP contribution is 2.39. The topological polar surface area (TPSA) is 37.3 Å². The smallest absolute Gasteiger partial charge is 0.335 e. The maximum absolute atomic E-state index is 11.5. The minimum Gasteiger partial charge on any atom is -0.478 e. The fourth-order valence-corrected chi connectivity index (χ4v) is 3.79. The Kier molecular flexibility index (Phi) is 4.16. The number of allylic oxidation sites excluding steroid dienone is 1. The van der Waals surface area contributed by atoms with Crippen LogP contribution in [0.15, 0.2) is 35.2 Å². The van der Waals surface area contributed by atoms with Crippen molar-refractivity contribution < 1.29 is 9.90 Å². The van der Waals surface area contributed by atoms with E-state index in [0.29, 0.717) is 11.5 Å². The molecule has 2 aliphatic rings. The average molecular weight is 288 g/mol. The highest BCUT2D eigenvalue weighted by atomic mass is 32.2. The van der Waals surface area contributed by atoms with E-state index in [4.69, 9.17) is 0 Å². The summed E-state index contributed by atoms with van der Waals surface area (Å²) in [7, 11) is 0. The highest BCUT2D eigenvalue weighted by molar-refractivity contribution is 8.00. The maximum atomic E-state index is 11.5. The molecule has 0 heterocycles. The summed E-state index contributed by atoms with van der Waals surface area (Å²) < 4.78 is 0. The van der Waals surface area contributed by atoms with Gasteiger partial charge >= 0.3 is 5.97 Å². The average Bonchev–Trinajstić information content (AvgIpc) is 3.10. The molecule has 2 nitrogen and oxygen atoms in total. The van der Waals surface area contributed by atoms with Gasteiger partial charge in [0.2, 0.25) is 0 Å². The van der Waals surface area contributed by atoms with Gasteiger partial charge in [0.05, 0.1) is 5.57 Å². The molecule has 0 aliphatic heterocycles. The van der Waals surface area contributed by atoms with Crippen LogP contribution in [0.5, 0.6) is 0 Å². The van der Waals surface area contributed by atoms with Crippen LogP contribution in [-0.4, -0.2) is 16.3 Å². The molecule has 0 amide bonds. The van der Waals surface area contributed by atoms with E-state index < -0.39 is 5.97 Å². The van der Waals surface area contributed by atoms with E-state index in [1.165, 1.54) is 30.6 Å². The van der Waals surface area contributed by atoms with Crippen molar-refractivity contribution in [1.29, 1.82) is 0 Å². The third kappa shape index (κ3) is 3.45. The molecule has 0 spiro atoms. The first-order chi connectivity index (χ1) is 9.72. The molecule has 0 unspecified atom stereocenters. The predicted molar refractivity (Wildman–Crippen MR) is 82.9 cm³/mol. The van der Waals surface area contributed by atoms with Gasteiger partial charge in [0.1, 0.15) is 0 Å². The molecule has 2 aliphatic carbocycles. The highest BCUT2D eigenvalue weighted by Gasteiger charge is 2.22. The lowest BCUT2D eigenvalue weighted by atomic mass is 9.99. The van der Waals surface area contributed by atoms with Gasteiger partial charge in [-0.05, 0) is 49.3 Å². The quantitative estimate of drug-likeness (QED) is 0.805. The second-order valence-corrected chi connectivity index (χ2v) is 7.15. The van der Waals surface area contributed by atoms with Crippen molar-refractivity contribution in [2.75, 3.05) is 0 Å². The van der Waals surface area contributed by atoms with Crippen LogP contribution in [0.25, 0.3) is 5.57 Å². The number of aliphatic carboxylic acids is 1. The summed E-state index contributed by atoms with van der Waals surface area (Å²) in [5.41, 5.74) is 1.31. The van der Waals surface area contributed by atoms with Gasteiger partial charge in [-0.15, -0.1) is 11.8 Å². The van der Waals surface area contributed by atoms with Crippen LogP contribution in [0.2, 0.25) is 0 Å². The van der Waals surface area contributed by atoms with Crippen molar-refractivity contribution in [1.82, 2.24) is 0 Å². The molecule has 1 aromatic carbocycles. The molecule has 3 rings (SSSR count). The molecular formula is C17H20O2S. The second kappa shape index (κ2) is 6.04. The van der Waals surface area contributed by atoms with Crippen molar-refractivity contribution in [3.8, 4) is 0 Å². The van der Waals surface area contributed by atoms with E-state index in [2.05, 4.69) is 12.1 Å². The Labute approximate surface area is 124 Å². The van der Waals surface area contributed by atoms with Crippen LogP contribution in [0.1, 0.15) is 44.1 Å². The Bertz CT molecular complexity index is 508. The van der Waals surface area contributed by atoms with Gasteiger partial charge in [-0.25, -0.2) is 4.79 Å². The van der Waals surface area contributed by atoms with Gasteiger partial charge in [0.25, 0.3) is 0 Å². The zero-order chi connectivity index (χ0) is 13.9. The van der Waals surface area contributed by atoms with E-state index in [0.717, 1.165) is 23.7 Å². The van der Waals surface area contributed by atoms with Crippen LogP contribution in [0, 0.1) is 5.92 Å². The fourth-order valence-electron chi connectivity index (χ4n) is 2.74. The van der Waals surface area contributed by atoms with E-state index >= 15 is 0 Å². The van der Waals surface area contributed by atoms with Gasteiger partial charge in [0, 0.05) is 10.1 Å². The molecule has 20 heavy (non-hydrogen) atoms. The first-order valence-electron chi connectivity index (χ1n) is 7.44. The standard InChI is InChI=1S/C17H20O2S/c18-17(19)16(11-12-3-1-2-4-12)13-5-7-14(8-6-13)20-15-9-10-15/h5-8,11-12,15H,1-4,9-10H2,(H,18,19)/b16-11+. The molecule has 106 valence electrons. The lowest BCUT2D eigenvalue weighted by molar-refractivity contribution is -0.130. The zero-order valence-corrected chi connectivity index (χ0v) is 12.4. The number of benzene rings is 1. The van der Waals surface area contributed by atoms with Crippen LogP contribution >= 0.6 is 11.8 Å². The summed E-state index contributed by atoms with van der Waals surface area (Å²) in [4.78, 5) is 12.7. The minimum absolute atomic E-state index is 0.446. The SMILES string of the molecule is O=C(O)/C(=C/C1CCCC1)c1ccc(SC2CC2)cc1. The molecule has 0 saturated heterocycles. The minimum atomic E-state index is -0.806. The monoisotopic (exact) mass is 288 g/mol. The first-order valence-corrected chi connectivity index (χ1v) is 8.32. The van der Waals surface area contributed by atoms with Crippen LogP contribution in [0.4, 0.5) is 0 Å². The Hall–Kier alpha value is -1.22. The summed E-state index contributed by atoms with van der Waals surface area (Å²) in [6.07, 6.45) is 9.32. The van der Waals surface area contributed by atoms with E-state index in [1.54, 1.807) is 0 Å². The molecule has 3 heteroatoms. The fraction of sp³-hybridized carbons (Fsp3) is 0.471. The number of thioether (sulfide) groups is 1. The molecule has 0 atom stereocenters. The first kappa shape index (κ1) is 13.7. The Morgan fingerprint density at radius 2 is 1.75 bits per heavy atom. The normalized spacial score (nSPS) is 20.3. The number of rotatable bonds is 5. The molecule has 1 aromatic rings. The molecule has 0 aromatic heterocycles. The summed E-state index contributed by atoms with van der Waals surface area (Å²) in [6, 6.07) is 8.03.